The fourth-order valence-corrected chi connectivity index (χ4v) is 2.64. The Hall–Kier alpha value is -1.30. The van der Waals surface area contributed by atoms with E-state index in [0.717, 1.165) is 25.8 Å². The fraction of sp³-hybridized carbons (Fsp3) is 0.562. The van der Waals surface area contributed by atoms with Crippen molar-refractivity contribution in [2.75, 3.05) is 33.4 Å². The molecule has 124 valence electrons. The summed E-state index contributed by atoms with van der Waals surface area (Å²) in [5, 5.41) is 0. The van der Waals surface area contributed by atoms with Crippen LogP contribution in [0.5, 0.6) is 5.75 Å². The van der Waals surface area contributed by atoms with Gasteiger partial charge in [-0.05, 0) is 37.5 Å². The highest BCUT2D eigenvalue weighted by molar-refractivity contribution is 5.94. The molecule has 1 saturated heterocycles. The Labute approximate surface area is 138 Å². The van der Waals surface area contributed by atoms with E-state index in [4.69, 9.17) is 15.2 Å². The first kappa shape index (κ1) is 18.7. The summed E-state index contributed by atoms with van der Waals surface area (Å²) in [6, 6.07) is 7.47. The highest BCUT2D eigenvalue weighted by atomic mass is 35.5. The molecule has 1 amide bonds. The molecule has 1 aliphatic rings. The number of hydrogen-bond donors (Lipinski definition) is 1. The van der Waals surface area contributed by atoms with Crippen LogP contribution in [0.15, 0.2) is 24.3 Å². The monoisotopic (exact) mass is 328 g/mol. The molecule has 0 radical (unpaired) electrons. The zero-order valence-electron chi connectivity index (χ0n) is 13.0. The van der Waals surface area contributed by atoms with Crippen molar-refractivity contribution in [3.8, 4) is 5.75 Å². The molecule has 0 spiro atoms. The Kier molecular flexibility index (Phi) is 8.24. The number of nitrogens with two attached hydrogens (primary N) is 1. The van der Waals surface area contributed by atoms with Crippen LogP contribution in [0.1, 0.15) is 29.6 Å². The molecule has 0 aromatic heterocycles. The third kappa shape index (κ3) is 4.87. The van der Waals surface area contributed by atoms with Gasteiger partial charge in [-0.2, -0.15) is 0 Å². The predicted molar refractivity (Wildman–Crippen MR) is 88.8 cm³/mol. The van der Waals surface area contributed by atoms with E-state index in [2.05, 4.69) is 0 Å². The number of carbonyl (C=O) groups is 1. The standard InChI is InChI=1S/C16H24N2O3.ClH/c1-20-9-10-21-15-7-4-5-13(11-15)16(19)18-8-3-2-6-14(18)12-17;/h4-5,7,11,14H,2-3,6,8-10,12,17H2,1H3;1H. The van der Waals surface area contributed by atoms with Gasteiger partial charge in [0.05, 0.1) is 6.61 Å². The van der Waals surface area contributed by atoms with Crippen molar-refractivity contribution in [2.45, 2.75) is 25.3 Å². The van der Waals surface area contributed by atoms with Gasteiger partial charge >= 0.3 is 0 Å². The van der Waals surface area contributed by atoms with Crippen LogP contribution in [0.2, 0.25) is 0 Å². The third-order valence-corrected chi connectivity index (χ3v) is 3.80. The average Bonchev–Trinajstić information content (AvgIpc) is 2.54. The Bertz CT molecular complexity index is 470. The van der Waals surface area contributed by atoms with E-state index >= 15 is 0 Å². The minimum Gasteiger partial charge on any atom is -0.491 e. The topological polar surface area (TPSA) is 64.8 Å². The first-order chi connectivity index (χ1) is 10.3. The zero-order valence-corrected chi connectivity index (χ0v) is 13.8. The van der Waals surface area contributed by atoms with Crippen molar-refractivity contribution in [3.05, 3.63) is 29.8 Å². The summed E-state index contributed by atoms with van der Waals surface area (Å²) in [6.07, 6.45) is 3.18. The van der Waals surface area contributed by atoms with Crippen LogP contribution in [0.3, 0.4) is 0 Å². The molecule has 0 aliphatic carbocycles. The molecule has 1 atom stereocenters. The fourth-order valence-electron chi connectivity index (χ4n) is 2.64. The summed E-state index contributed by atoms with van der Waals surface area (Å²) in [4.78, 5) is 14.5. The Morgan fingerprint density at radius 3 is 2.91 bits per heavy atom. The second-order valence-electron chi connectivity index (χ2n) is 5.25. The van der Waals surface area contributed by atoms with E-state index in [9.17, 15) is 4.79 Å². The smallest absolute Gasteiger partial charge is 0.254 e. The number of carbonyl (C=O) groups excluding carboxylic acids is 1. The van der Waals surface area contributed by atoms with Crippen molar-refractivity contribution in [1.82, 2.24) is 4.90 Å². The second-order valence-corrected chi connectivity index (χ2v) is 5.25. The van der Waals surface area contributed by atoms with Gasteiger partial charge < -0.3 is 20.1 Å². The van der Waals surface area contributed by atoms with E-state index in [1.54, 1.807) is 13.2 Å². The first-order valence-electron chi connectivity index (χ1n) is 7.49. The van der Waals surface area contributed by atoms with Gasteiger partial charge in [0.25, 0.3) is 5.91 Å². The van der Waals surface area contributed by atoms with Gasteiger partial charge in [-0.15, -0.1) is 12.4 Å². The van der Waals surface area contributed by atoms with Gasteiger partial charge in [-0.1, -0.05) is 6.07 Å². The number of halogens is 1. The molecular weight excluding hydrogens is 304 g/mol. The maximum absolute atomic E-state index is 12.6. The van der Waals surface area contributed by atoms with Crippen molar-refractivity contribution in [2.24, 2.45) is 5.73 Å². The van der Waals surface area contributed by atoms with Crippen molar-refractivity contribution >= 4 is 18.3 Å². The Balaban J connectivity index is 0.00000242. The minimum absolute atomic E-state index is 0. The lowest BCUT2D eigenvalue weighted by atomic mass is 10.0. The number of hydrogen-bond acceptors (Lipinski definition) is 4. The third-order valence-electron chi connectivity index (χ3n) is 3.80. The van der Waals surface area contributed by atoms with E-state index in [-0.39, 0.29) is 24.4 Å². The molecule has 1 aliphatic heterocycles. The van der Waals surface area contributed by atoms with Gasteiger partial charge in [0.15, 0.2) is 0 Å². The lowest BCUT2D eigenvalue weighted by molar-refractivity contribution is 0.0622. The molecule has 1 fully saturated rings. The number of likely N-dealkylation sites (tertiary alicyclic amines) is 1. The molecule has 2 rings (SSSR count). The normalized spacial score (nSPS) is 17.7. The van der Waals surface area contributed by atoms with Crippen molar-refractivity contribution in [1.29, 1.82) is 0 Å². The lowest BCUT2D eigenvalue weighted by Crippen LogP contribution is -2.47. The molecule has 22 heavy (non-hydrogen) atoms. The summed E-state index contributed by atoms with van der Waals surface area (Å²) >= 11 is 0. The summed E-state index contributed by atoms with van der Waals surface area (Å²) in [6.45, 7) is 2.31. The molecule has 5 nitrogen and oxygen atoms in total. The molecule has 2 N–H and O–H groups in total. The zero-order chi connectivity index (χ0) is 15.1. The summed E-state index contributed by atoms with van der Waals surface area (Å²) in [5.74, 6) is 0.738. The number of nitrogens with zero attached hydrogens (tertiary/aromatic N) is 1. The highest BCUT2D eigenvalue weighted by Gasteiger charge is 2.26. The quantitative estimate of drug-likeness (QED) is 0.812. The van der Waals surface area contributed by atoms with Crippen molar-refractivity contribution in [3.63, 3.8) is 0 Å². The van der Waals surface area contributed by atoms with Gasteiger partial charge in [-0.3, -0.25) is 4.79 Å². The molecule has 6 heteroatoms. The molecule has 1 aromatic rings. The van der Waals surface area contributed by atoms with Crippen LogP contribution in [-0.4, -0.2) is 50.3 Å². The van der Waals surface area contributed by atoms with Gasteiger partial charge in [0.2, 0.25) is 0 Å². The molecule has 0 saturated carbocycles. The number of piperidine rings is 1. The second kappa shape index (κ2) is 9.66. The van der Waals surface area contributed by atoms with Crippen LogP contribution in [0.4, 0.5) is 0 Å². The number of benzene rings is 1. The van der Waals surface area contributed by atoms with Gasteiger partial charge in [0.1, 0.15) is 12.4 Å². The van der Waals surface area contributed by atoms with E-state index in [1.807, 2.05) is 23.1 Å². The first-order valence-corrected chi connectivity index (χ1v) is 7.49. The maximum Gasteiger partial charge on any atom is 0.254 e. The van der Waals surface area contributed by atoms with Crippen LogP contribution >= 0.6 is 12.4 Å². The summed E-state index contributed by atoms with van der Waals surface area (Å²) < 4.78 is 10.5. The summed E-state index contributed by atoms with van der Waals surface area (Å²) in [5.41, 5.74) is 6.45. The van der Waals surface area contributed by atoms with Crippen LogP contribution in [-0.2, 0) is 4.74 Å². The number of rotatable bonds is 6. The SMILES string of the molecule is COCCOc1cccc(C(=O)N2CCCCC2CN)c1.Cl. The van der Waals surface area contributed by atoms with Crippen LogP contribution in [0.25, 0.3) is 0 Å². The minimum atomic E-state index is 0. The number of ether oxygens (including phenoxy) is 2. The average molecular weight is 329 g/mol. The number of methoxy groups -OCH3 is 1. The molecule has 1 aromatic carbocycles. The highest BCUT2D eigenvalue weighted by Crippen LogP contribution is 2.21. The van der Waals surface area contributed by atoms with Gasteiger partial charge in [0, 0.05) is 31.8 Å². The Morgan fingerprint density at radius 1 is 1.36 bits per heavy atom. The predicted octanol–water partition coefficient (Wildman–Crippen LogP) is 2.09. The van der Waals surface area contributed by atoms with Crippen molar-refractivity contribution < 1.29 is 14.3 Å². The molecule has 1 heterocycles. The Morgan fingerprint density at radius 2 is 2.18 bits per heavy atom. The van der Waals surface area contributed by atoms with E-state index in [0.29, 0.717) is 31.1 Å². The maximum atomic E-state index is 12.6. The van der Waals surface area contributed by atoms with E-state index in [1.165, 1.54) is 0 Å². The molecule has 0 bridgehead atoms. The van der Waals surface area contributed by atoms with E-state index < -0.39 is 0 Å². The lowest BCUT2D eigenvalue weighted by Gasteiger charge is -2.35. The largest absolute Gasteiger partial charge is 0.491 e. The van der Waals surface area contributed by atoms with Crippen LogP contribution < -0.4 is 10.5 Å². The van der Waals surface area contributed by atoms with Gasteiger partial charge in [-0.25, -0.2) is 0 Å². The molecule has 1 unspecified atom stereocenters. The summed E-state index contributed by atoms with van der Waals surface area (Å²) in [7, 11) is 1.63. The van der Waals surface area contributed by atoms with Crippen LogP contribution in [0, 0.1) is 0 Å². The molecular formula is C16H25ClN2O3. The number of amides is 1.